The number of anilines is 3. The predicted octanol–water partition coefficient (Wildman–Crippen LogP) is 6.45. The first-order chi connectivity index (χ1) is 19.2. The summed E-state index contributed by atoms with van der Waals surface area (Å²) in [6.07, 6.45) is 5.58. The van der Waals surface area contributed by atoms with Crippen molar-refractivity contribution in [3.8, 4) is 16.9 Å². The van der Waals surface area contributed by atoms with Gasteiger partial charge in [-0.25, -0.2) is 24.0 Å². The van der Waals surface area contributed by atoms with E-state index in [0.29, 0.717) is 28.2 Å². The normalized spacial score (nSPS) is 13.4. The number of amides is 2. The highest BCUT2D eigenvalue weighted by Gasteiger charge is 2.24. The van der Waals surface area contributed by atoms with Crippen LogP contribution in [0.2, 0.25) is 5.02 Å². The van der Waals surface area contributed by atoms with Gasteiger partial charge in [-0.15, -0.1) is 0 Å². The van der Waals surface area contributed by atoms with Gasteiger partial charge in [-0.3, -0.25) is 5.32 Å². The predicted molar refractivity (Wildman–Crippen MR) is 158 cm³/mol. The molecule has 5 aromatic rings. The van der Waals surface area contributed by atoms with Gasteiger partial charge in [-0.2, -0.15) is 10.2 Å². The fourth-order valence-corrected chi connectivity index (χ4v) is 4.60. The minimum Gasteiger partial charge on any atom is -0.364 e. The Labute approximate surface area is 236 Å². The van der Waals surface area contributed by atoms with Gasteiger partial charge in [0.05, 0.1) is 23.3 Å². The second kappa shape index (κ2) is 9.95. The van der Waals surface area contributed by atoms with E-state index in [-0.39, 0.29) is 5.41 Å². The van der Waals surface area contributed by atoms with Crippen LogP contribution < -0.4 is 16.0 Å². The first kappa shape index (κ1) is 25.8. The van der Waals surface area contributed by atoms with E-state index < -0.39 is 6.03 Å². The number of hydrogen-bond acceptors (Lipinski definition) is 6. The van der Waals surface area contributed by atoms with Gasteiger partial charge in [0.2, 0.25) is 0 Å². The molecule has 6 rings (SSSR count). The van der Waals surface area contributed by atoms with Crippen LogP contribution in [0.5, 0.6) is 0 Å². The van der Waals surface area contributed by atoms with Crippen LogP contribution in [0.3, 0.4) is 0 Å². The molecule has 11 heteroatoms. The number of rotatable bonds is 6. The summed E-state index contributed by atoms with van der Waals surface area (Å²) in [6.45, 7) is 8.23. The van der Waals surface area contributed by atoms with E-state index in [1.54, 1.807) is 27.5 Å². The second-order valence-electron chi connectivity index (χ2n) is 11.1. The van der Waals surface area contributed by atoms with Gasteiger partial charge in [-0.1, -0.05) is 44.5 Å². The Morgan fingerprint density at radius 2 is 1.88 bits per heavy atom. The average molecular weight is 556 g/mol. The number of nitrogens with zero attached hydrogens (tertiary/aromatic N) is 6. The monoisotopic (exact) mass is 555 g/mol. The summed E-state index contributed by atoms with van der Waals surface area (Å²) in [5.74, 6) is 1.25. The fraction of sp³-hybridized carbons (Fsp3) is 0.276. The van der Waals surface area contributed by atoms with Gasteiger partial charge in [0.15, 0.2) is 11.5 Å². The lowest BCUT2D eigenvalue weighted by atomic mass is 9.92. The van der Waals surface area contributed by atoms with Crippen molar-refractivity contribution in [1.29, 1.82) is 0 Å². The largest absolute Gasteiger partial charge is 0.364 e. The summed E-state index contributed by atoms with van der Waals surface area (Å²) in [4.78, 5) is 22.3. The van der Waals surface area contributed by atoms with Crippen LogP contribution in [-0.4, -0.2) is 41.4 Å². The number of aromatic nitrogens is 6. The number of hydrogen-bond donors (Lipinski definition) is 3. The molecule has 0 unspecified atom stereocenters. The van der Waals surface area contributed by atoms with E-state index >= 15 is 0 Å². The number of nitrogens with one attached hydrogen (secondary N) is 3. The maximum absolute atomic E-state index is 13.2. The van der Waals surface area contributed by atoms with Crippen molar-refractivity contribution < 1.29 is 4.79 Å². The standard InChI is InChI=1S/C29H30ClN9O/c1-17-8-9-20(13-22(17)23-15-31-26(34-19-10-11-19)27-32-16-33-39(23)27)35-28(40)36-25-14-24(29(2,3)4)37-38(25)21-7-5-6-18(30)12-21/h5-9,12-16,19H,10-11H2,1-4H3,(H,31,34)(H2,35,36,40). The molecule has 1 fully saturated rings. The van der Waals surface area contributed by atoms with Crippen molar-refractivity contribution in [1.82, 2.24) is 29.4 Å². The van der Waals surface area contributed by atoms with Crippen molar-refractivity contribution >= 4 is 40.6 Å². The molecule has 1 saturated carbocycles. The SMILES string of the molecule is Cc1ccc(NC(=O)Nc2cc(C(C)(C)C)nn2-c2cccc(Cl)c2)cc1-c1cnc(NC2CC2)c2ncnn12. The summed E-state index contributed by atoms with van der Waals surface area (Å²) in [5.41, 5.74) is 5.35. The van der Waals surface area contributed by atoms with Crippen LogP contribution in [0, 0.1) is 6.92 Å². The molecule has 3 heterocycles. The van der Waals surface area contributed by atoms with Gasteiger partial charge in [0.1, 0.15) is 12.1 Å². The van der Waals surface area contributed by atoms with Gasteiger partial charge in [0.25, 0.3) is 0 Å². The van der Waals surface area contributed by atoms with Crippen LogP contribution >= 0.6 is 11.6 Å². The molecule has 2 amide bonds. The molecule has 10 nitrogen and oxygen atoms in total. The summed E-state index contributed by atoms with van der Waals surface area (Å²) in [6, 6.07) is 15.0. The molecule has 0 atom stereocenters. The number of urea groups is 1. The Hall–Kier alpha value is -4.44. The molecule has 0 saturated heterocycles. The topological polar surface area (TPSA) is 114 Å². The van der Waals surface area contributed by atoms with Gasteiger partial charge >= 0.3 is 6.03 Å². The Morgan fingerprint density at radius 3 is 2.62 bits per heavy atom. The van der Waals surface area contributed by atoms with Crippen molar-refractivity contribution in [3.05, 3.63) is 77.3 Å². The lowest BCUT2D eigenvalue weighted by Crippen LogP contribution is -2.21. The van der Waals surface area contributed by atoms with Gasteiger partial charge in [-0.05, 0) is 55.7 Å². The van der Waals surface area contributed by atoms with Crippen molar-refractivity contribution in [2.24, 2.45) is 0 Å². The zero-order valence-electron chi connectivity index (χ0n) is 22.7. The molecule has 204 valence electrons. The molecule has 2 aromatic carbocycles. The zero-order valence-corrected chi connectivity index (χ0v) is 23.5. The smallest absolute Gasteiger partial charge is 0.324 e. The van der Waals surface area contributed by atoms with E-state index in [9.17, 15) is 4.79 Å². The molecular weight excluding hydrogens is 526 g/mol. The van der Waals surface area contributed by atoms with E-state index in [1.165, 1.54) is 6.33 Å². The summed E-state index contributed by atoms with van der Waals surface area (Å²) in [7, 11) is 0. The third-order valence-electron chi connectivity index (χ3n) is 6.77. The molecular formula is C29H30ClN9O. The zero-order chi connectivity index (χ0) is 28.0. The molecule has 0 aliphatic heterocycles. The number of benzene rings is 2. The lowest BCUT2D eigenvalue weighted by Gasteiger charge is -2.14. The molecule has 1 aliphatic carbocycles. The minimum atomic E-state index is -0.397. The van der Waals surface area contributed by atoms with Crippen LogP contribution in [0.25, 0.3) is 22.6 Å². The number of aryl methyl sites for hydroxylation is 1. The molecule has 0 bridgehead atoms. The van der Waals surface area contributed by atoms with Crippen molar-refractivity contribution in [2.45, 2.75) is 52.0 Å². The quantitative estimate of drug-likeness (QED) is 0.222. The summed E-state index contributed by atoms with van der Waals surface area (Å²) in [5, 5.41) is 19.1. The van der Waals surface area contributed by atoms with Crippen LogP contribution in [0.4, 0.5) is 22.1 Å². The van der Waals surface area contributed by atoms with E-state index in [1.807, 2.05) is 43.3 Å². The fourth-order valence-electron chi connectivity index (χ4n) is 4.42. The molecule has 3 aromatic heterocycles. The van der Waals surface area contributed by atoms with Gasteiger partial charge in [0, 0.05) is 33.8 Å². The number of carbonyl (C=O) groups excluding carboxylic acids is 1. The maximum atomic E-state index is 13.2. The summed E-state index contributed by atoms with van der Waals surface area (Å²) < 4.78 is 3.47. The second-order valence-corrected chi connectivity index (χ2v) is 11.5. The number of carbonyl (C=O) groups is 1. The lowest BCUT2D eigenvalue weighted by molar-refractivity contribution is 0.262. The Kier molecular flexibility index (Phi) is 6.42. The average Bonchev–Trinajstić information content (AvgIpc) is 3.39. The first-order valence-electron chi connectivity index (χ1n) is 13.2. The molecule has 1 aliphatic rings. The highest BCUT2D eigenvalue weighted by Crippen LogP contribution is 2.31. The number of fused-ring (bicyclic) bond motifs is 1. The van der Waals surface area contributed by atoms with Crippen LogP contribution in [-0.2, 0) is 5.41 Å². The Balaban J connectivity index is 1.28. The van der Waals surface area contributed by atoms with E-state index in [0.717, 1.165) is 46.9 Å². The highest BCUT2D eigenvalue weighted by atomic mass is 35.5. The highest BCUT2D eigenvalue weighted by molar-refractivity contribution is 6.30. The molecule has 0 spiro atoms. The van der Waals surface area contributed by atoms with Crippen molar-refractivity contribution in [3.63, 3.8) is 0 Å². The molecule has 40 heavy (non-hydrogen) atoms. The minimum absolute atomic E-state index is 0.215. The maximum Gasteiger partial charge on any atom is 0.324 e. The van der Waals surface area contributed by atoms with Gasteiger partial charge < -0.3 is 10.6 Å². The third-order valence-corrected chi connectivity index (χ3v) is 7.00. The third kappa shape index (κ3) is 5.22. The van der Waals surface area contributed by atoms with Crippen LogP contribution in [0.1, 0.15) is 44.9 Å². The van der Waals surface area contributed by atoms with E-state index in [4.69, 9.17) is 16.7 Å². The van der Waals surface area contributed by atoms with Crippen LogP contribution in [0.15, 0.2) is 61.1 Å². The Bertz CT molecular complexity index is 1730. The first-order valence-corrected chi connectivity index (χ1v) is 13.5. The van der Waals surface area contributed by atoms with Crippen molar-refractivity contribution in [2.75, 3.05) is 16.0 Å². The number of halogens is 1. The molecule has 3 N–H and O–H groups in total. The summed E-state index contributed by atoms with van der Waals surface area (Å²) >= 11 is 6.24. The van der Waals surface area contributed by atoms with E-state index in [2.05, 4.69) is 51.8 Å². The molecule has 0 radical (unpaired) electrons. The Morgan fingerprint density at radius 1 is 1.05 bits per heavy atom.